The van der Waals surface area contributed by atoms with Gasteiger partial charge < -0.3 is 4.74 Å². The van der Waals surface area contributed by atoms with Crippen molar-refractivity contribution in [3.63, 3.8) is 0 Å². The first-order valence-electron chi connectivity index (χ1n) is 8.49. The zero-order chi connectivity index (χ0) is 14.8. The van der Waals surface area contributed by atoms with Gasteiger partial charge in [-0.25, -0.2) is 0 Å². The van der Waals surface area contributed by atoms with E-state index >= 15 is 0 Å². The Bertz CT molecular complexity index is 323. The van der Waals surface area contributed by atoms with Gasteiger partial charge in [0.15, 0.2) is 5.78 Å². The Hall–Kier alpha value is -0.370. The number of hydrogen-bond donors (Lipinski definition) is 0. The van der Waals surface area contributed by atoms with Crippen LogP contribution in [-0.4, -0.2) is 18.5 Å². The summed E-state index contributed by atoms with van der Waals surface area (Å²) in [5.41, 5.74) is 0.0707. The molecule has 0 aliphatic heterocycles. The zero-order valence-corrected chi connectivity index (χ0v) is 13.8. The summed E-state index contributed by atoms with van der Waals surface area (Å²) < 4.78 is 6.08. The van der Waals surface area contributed by atoms with Gasteiger partial charge in [-0.1, -0.05) is 40.5 Å². The van der Waals surface area contributed by atoms with Crippen LogP contribution in [0.5, 0.6) is 0 Å². The third-order valence-electron chi connectivity index (χ3n) is 4.86. The maximum atomic E-state index is 12.5. The molecule has 0 heterocycles. The van der Waals surface area contributed by atoms with Crippen molar-refractivity contribution >= 4 is 5.78 Å². The highest BCUT2D eigenvalue weighted by molar-refractivity contribution is 5.83. The van der Waals surface area contributed by atoms with E-state index in [-0.39, 0.29) is 11.5 Å². The average Bonchev–Trinajstić information content (AvgIpc) is 2.82. The fourth-order valence-corrected chi connectivity index (χ4v) is 3.36. The summed E-state index contributed by atoms with van der Waals surface area (Å²) in [6.07, 6.45) is 8.02. The fourth-order valence-electron chi connectivity index (χ4n) is 3.36. The molecule has 2 aliphatic rings. The lowest BCUT2D eigenvalue weighted by Crippen LogP contribution is -2.30. The van der Waals surface area contributed by atoms with Crippen molar-refractivity contribution in [1.82, 2.24) is 0 Å². The van der Waals surface area contributed by atoms with Gasteiger partial charge in [0.1, 0.15) is 6.10 Å². The topological polar surface area (TPSA) is 26.3 Å². The van der Waals surface area contributed by atoms with Crippen LogP contribution in [0.1, 0.15) is 72.6 Å². The van der Waals surface area contributed by atoms with Crippen LogP contribution in [-0.2, 0) is 9.53 Å². The van der Waals surface area contributed by atoms with E-state index in [2.05, 4.69) is 27.7 Å². The van der Waals surface area contributed by atoms with Crippen LogP contribution in [0.15, 0.2) is 0 Å². The van der Waals surface area contributed by atoms with Crippen molar-refractivity contribution in [2.75, 3.05) is 6.61 Å². The van der Waals surface area contributed by atoms with Gasteiger partial charge in [-0.15, -0.1) is 0 Å². The molecular weight excluding hydrogens is 248 g/mol. The number of hydrogen-bond acceptors (Lipinski definition) is 2. The maximum absolute atomic E-state index is 12.5. The van der Waals surface area contributed by atoms with Gasteiger partial charge >= 0.3 is 0 Å². The molecule has 0 radical (unpaired) electrons. The largest absolute Gasteiger partial charge is 0.370 e. The second kappa shape index (κ2) is 6.60. The lowest BCUT2D eigenvalue weighted by atomic mass is 9.87. The second-order valence-electron chi connectivity index (χ2n) is 8.38. The van der Waals surface area contributed by atoms with E-state index in [1.54, 1.807) is 0 Å². The van der Waals surface area contributed by atoms with E-state index < -0.39 is 0 Å². The Labute approximate surface area is 124 Å². The minimum atomic E-state index is -0.134. The van der Waals surface area contributed by atoms with Gasteiger partial charge in [0.2, 0.25) is 0 Å². The Morgan fingerprint density at radius 1 is 1.25 bits per heavy atom. The number of carbonyl (C=O) groups excluding carboxylic acids is 1. The number of carbonyl (C=O) groups is 1. The van der Waals surface area contributed by atoms with Crippen molar-refractivity contribution in [1.29, 1.82) is 0 Å². The summed E-state index contributed by atoms with van der Waals surface area (Å²) in [5.74, 6) is 2.56. The minimum Gasteiger partial charge on any atom is -0.370 e. The lowest BCUT2D eigenvalue weighted by molar-refractivity contribution is -0.134. The quantitative estimate of drug-likeness (QED) is 0.680. The third kappa shape index (κ3) is 5.20. The Morgan fingerprint density at radius 2 is 1.85 bits per heavy atom. The molecule has 2 aliphatic carbocycles. The SMILES string of the molecule is CC1CC1CC(OCC1CCCC1)C(=O)CC(C)(C)C. The number of ketones is 1. The summed E-state index contributed by atoms with van der Waals surface area (Å²) in [7, 11) is 0. The standard InChI is InChI=1S/C18H32O2/c1-13-9-15(13)10-17(16(19)11-18(2,3)4)20-12-14-7-5-6-8-14/h13-15,17H,5-12H2,1-4H3. The van der Waals surface area contributed by atoms with Crippen LogP contribution in [0.4, 0.5) is 0 Å². The molecule has 0 aromatic rings. The number of rotatable bonds is 7. The summed E-state index contributed by atoms with van der Waals surface area (Å²) in [5, 5.41) is 0. The van der Waals surface area contributed by atoms with Crippen molar-refractivity contribution in [2.45, 2.75) is 78.7 Å². The van der Waals surface area contributed by atoms with Crippen LogP contribution in [0, 0.1) is 23.2 Å². The first kappa shape index (κ1) is 16.0. The summed E-state index contributed by atoms with van der Waals surface area (Å²) in [4.78, 5) is 12.5. The zero-order valence-electron chi connectivity index (χ0n) is 13.8. The number of Topliss-reactive ketones (excluding diaryl/α,β-unsaturated/α-hetero) is 1. The molecule has 0 aromatic carbocycles. The predicted octanol–water partition coefficient (Wildman–Crippen LogP) is 4.61. The van der Waals surface area contributed by atoms with Crippen molar-refractivity contribution in [3.8, 4) is 0 Å². The molecule has 3 atom stereocenters. The lowest BCUT2D eigenvalue weighted by Gasteiger charge is -2.23. The summed E-state index contributed by atoms with van der Waals surface area (Å²) in [6, 6.07) is 0. The Kier molecular flexibility index (Phi) is 5.28. The predicted molar refractivity (Wildman–Crippen MR) is 82.7 cm³/mol. The van der Waals surface area contributed by atoms with Crippen molar-refractivity contribution < 1.29 is 9.53 Å². The van der Waals surface area contributed by atoms with E-state index in [4.69, 9.17) is 4.74 Å². The molecule has 0 N–H and O–H groups in total. The summed E-state index contributed by atoms with van der Waals surface area (Å²) in [6.45, 7) is 9.50. The molecule has 2 fully saturated rings. The van der Waals surface area contributed by atoms with Crippen molar-refractivity contribution in [3.05, 3.63) is 0 Å². The van der Waals surface area contributed by atoms with Gasteiger partial charge in [-0.3, -0.25) is 4.79 Å². The normalized spacial score (nSPS) is 28.6. The van der Waals surface area contributed by atoms with Gasteiger partial charge in [0.25, 0.3) is 0 Å². The molecular formula is C18H32O2. The molecule has 0 amide bonds. The number of ether oxygens (including phenoxy) is 1. The van der Waals surface area contributed by atoms with Crippen LogP contribution in [0.3, 0.4) is 0 Å². The highest BCUT2D eigenvalue weighted by Gasteiger charge is 2.37. The molecule has 0 saturated heterocycles. The Balaban J connectivity index is 1.83. The van der Waals surface area contributed by atoms with E-state index in [1.807, 2.05) is 0 Å². The molecule has 116 valence electrons. The molecule has 2 nitrogen and oxygen atoms in total. The van der Waals surface area contributed by atoms with Crippen LogP contribution < -0.4 is 0 Å². The molecule has 0 aromatic heterocycles. The molecule has 0 bridgehead atoms. The Morgan fingerprint density at radius 3 is 2.35 bits per heavy atom. The molecule has 2 rings (SSSR count). The highest BCUT2D eigenvalue weighted by atomic mass is 16.5. The minimum absolute atomic E-state index is 0.0707. The average molecular weight is 280 g/mol. The molecule has 20 heavy (non-hydrogen) atoms. The summed E-state index contributed by atoms with van der Waals surface area (Å²) >= 11 is 0. The first-order valence-corrected chi connectivity index (χ1v) is 8.49. The smallest absolute Gasteiger partial charge is 0.162 e. The monoisotopic (exact) mass is 280 g/mol. The van der Waals surface area contributed by atoms with Crippen LogP contribution in [0.25, 0.3) is 0 Å². The molecule has 2 heteroatoms. The van der Waals surface area contributed by atoms with Gasteiger partial charge in [-0.05, 0) is 48.9 Å². The fraction of sp³-hybridized carbons (Fsp3) is 0.944. The third-order valence-corrected chi connectivity index (χ3v) is 4.86. The second-order valence-corrected chi connectivity index (χ2v) is 8.38. The molecule has 3 unspecified atom stereocenters. The van der Waals surface area contributed by atoms with Crippen LogP contribution in [0.2, 0.25) is 0 Å². The van der Waals surface area contributed by atoms with Gasteiger partial charge in [0, 0.05) is 6.42 Å². The van der Waals surface area contributed by atoms with Crippen molar-refractivity contribution in [2.24, 2.45) is 23.2 Å². The van der Waals surface area contributed by atoms with Crippen LogP contribution >= 0.6 is 0 Å². The molecule has 2 saturated carbocycles. The highest BCUT2D eigenvalue weighted by Crippen LogP contribution is 2.42. The van der Waals surface area contributed by atoms with E-state index in [0.717, 1.165) is 24.9 Å². The van der Waals surface area contributed by atoms with E-state index in [9.17, 15) is 4.79 Å². The van der Waals surface area contributed by atoms with Gasteiger partial charge in [0.05, 0.1) is 6.61 Å². The van der Waals surface area contributed by atoms with Gasteiger partial charge in [-0.2, -0.15) is 0 Å². The van der Waals surface area contributed by atoms with E-state index in [0.29, 0.717) is 18.1 Å². The molecule has 0 spiro atoms. The first-order chi connectivity index (χ1) is 9.35. The maximum Gasteiger partial charge on any atom is 0.162 e. The van der Waals surface area contributed by atoms with E-state index in [1.165, 1.54) is 32.1 Å².